The minimum absolute atomic E-state index is 0.0167. The zero-order valence-corrected chi connectivity index (χ0v) is 23.9. The van der Waals surface area contributed by atoms with Crippen LogP contribution >= 0.6 is 0 Å². The highest BCUT2D eigenvalue weighted by Gasteiger charge is 2.80. The van der Waals surface area contributed by atoms with Crippen LogP contribution in [0.2, 0.25) is 0 Å². The van der Waals surface area contributed by atoms with Crippen molar-refractivity contribution in [2.75, 3.05) is 65.7 Å². The monoisotopic (exact) mass is 549 g/mol. The Kier molecular flexibility index (Phi) is 9.73. The maximum atomic E-state index is 14.4. The normalized spacial score (nSPS) is 33.8. The molecule has 4 aliphatic rings. The summed E-state index contributed by atoms with van der Waals surface area (Å²) in [6.07, 6.45) is 5.38. The summed E-state index contributed by atoms with van der Waals surface area (Å²) in [5.74, 6) is -2.25. The van der Waals surface area contributed by atoms with Crippen molar-refractivity contribution in [3.63, 3.8) is 0 Å². The summed E-state index contributed by atoms with van der Waals surface area (Å²) >= 11 is 0. The number of esters is 1. The lowest BCUT2D eigenvalue weighted by molar-refractivity contribution is -0.162. The van der Waals surface area contributed by atoms with Gasteiger partial charge in [0.15, 0.2) is 0 Å². The molecule has 220 valence electrons. The van der Waals surface area contributed by atoms with Crippen LogP contribution in [0.25, 0.3) is 0 Å². The number of unbranched alkanes of at least 4 members (excludes halogenated alkanes) is 3. The number of likely N-dealkylation sites (tertiary alicyclic amines) is 1. The van der Waals surface area contributed by atoms with Gasteiger partial charge in [0.1, 0.15) is 17.6 Å². The van der Waals surface area contributed by atoms with Crippen LogP contribution in [0.3, 0.4) is 0 Å². The molecule has 4 aliphatic heterocycles. The number of carbonyl (C=O) groups excluding carboxylic acids is 3. The molecule has 0 aromatic heterocycles. The van der Waals surface area contributed by atoms with Gasteiger partial charge in [-0.05, 0) is 39.0 Å². The Hall–Kier alpha value is -2.01. The third-order valence-corrected chi connectivity index (χ3v) is 9.35. The first-order chi connectivity index (χ1) is 18.7. The molecule has 0 aromatic carbocycles. The molecule has 3 unspecified atom stereocenters. The second kappa shape index (κ2) is 12.7. The Morgan fingerprint density at radius 3 is 2.59 bits per heavy atom. The molecule has 10 nitrogen and oxygen atoms in total. The molecule has 10 heteroatoms. The van der Waals surface area contributed by atoms with Crippen molar-refractivity contribution in [3.05, 3.63) is 12.7 Å². The van der Waals surface area contributed by atoms with Crippen molar-refractivity contribution >= 4 is 17.8 Å². The number of amides is 2. The Balaban J connectivity index is 1.64. The van der Waals surface area contributed by atoms with Crippen molar-refractivity contribution in [3.8, 4) is 0 Å². The van der Waals surface area contributed by atoms with E-state index in [4.69, 9.17) is 19.3 Å². The standard InChI is InChI=1S/C29H47N3O7/c1-5-11-31(14-13-30-15-18-37-19-16-30)26(35)24-29-20-21(3)28(4,39-29)23(27(36)38-6-2)22(29)25(34)32(24)12-9-7-8-10-17-33/h5,21-24,33H,1,6-20H2,2-4H3/t21?,22-,23+,24?,28-,29?/m0/s1. The Morgan fingerprint density at radius 2 is 1.92 bits per heavy atom. The predicted molar refractivity (Wildman–Crippen MR) is 145 cm³/mol. The van der Waals surface area contributed by atoms with Crippen molar-refractivity contribution < 1.29 is 33.7 Å². The van der Waals surface area contributed by atoms with E-state index in [0.717, 1.165) is 25.9 Å². The van der Waals surface area contributed by atoms with Crippen molar-refractivity contribution in [2.24, 2.45) is 17.8 Å². The van der Waals surface area contributed by atoms with E-state index in [1.165, 1.54) is 0 Å². The van der Waals surface area contributed by atoms with Crippen LogP contribution in [0.15, 0.2) is 12.7 Å². The van der Waals surface area contributed by atoms with Crippen LogP contribution in [-0.2, 0) is 28.6 Å². The Labute approximate surface area is 232 Å². The van der Waals surface area contributed by atoms with E-state index in [-0.39, 0.29) is 30.9 Å². The molecule has 4 fully saturated rings. The number of rotatable bonds is 14. The molecule has 4 saturated heterocycles. The highest BCUT2D eigenvalue weighted by atomic mass is 16.6. The van der Waals surface area contributed by atoms with Gasteiger partial charge in [-0.15, -0.1) is 6.58 Å². The highest BCUT2D eigenvalue weighted by molar-refractivity contribution is 5.98. The minimum Gasteiger partial charge on any atom is -0.466 e. The highest BCUT2D eigenvalue weighted by Crippen LogP contribution is 2.65. The smallest absolute Gasteiger partial charge is 0.312 e. The quantitative estimate of drug-likeness (QED) is 0.197. The first-order valence-electron chi connectivity index (χ1n) is 14.7. The van der Waals surface area contributed by atoms with E-state index in [1.807, 2.05) is 13.8 Å². The van der Waals surface area contributed by atoms with Gasteiger partial charge in [-0.2, -0.15) is 0 Å². The van der Waals surface area contributed by atoms with Gasteiger partial charge in [-0.3, -0.25) is 19.3 Å². The van der Waals surface area contributed by atoms with Gasteiger partial charge in [-0.1, -0.05) is 25.8 Å². The number of aliphatic hydroxyl groups excluding tert-OH is 1. The van der Waals surface area contributed by atoms with Crippen molar-refractivity contribution in [1.82, 2.24) is 14.7 Å². The first-order valence-corrected chi connectivity index (χ1v) is 14.7. The van der Waals surface area contributed by atoms with Crippen molar-refractivity contribution in [2.45, 2.75) is 70.1 Å². The molecule has 39 heavy (non-hydrogen) atoms. The van der Waals surface area contributed by atoms with Gasteiger partial charge < -0.3 is 29.1 Å². The number of hydrogen-bond donors (Lipinski definition) is 1. The van der Waals surface area contributed by atoms with Crippen LogP contribution in [-0.4, -0.2) is 121 Å². The molecule has 2 bridgehead atoms. The fraction of sp³-hybridized carbons (Fsp3) is 0.828. The van der Waals surface area contributed by atoms with Crippen LogP contribution < -0.4 is 0 Å². The summed E-state index contributed by atoms with van der Waals surface area (Å²) in [5.41, 5.74) is -1.93. The molecular weight excluding hydrogens is 502 g/mol. The summed E-state index contributed by atoms with van der Waals surface area (Å²) in [6.45, 7) is 15.0. The van der Waals surface area contributed by atoms with Crippen LogP contribution in [0.4, 0.5) is 0 Å². The average Bonchev–Trinajstić information content (AvgIpc) is 3.43. The van der Waals surface area contributed by atoms with E-state index in [2.05, 4.69) is 11.5 Å². The minimum atomic E-state index is -1.07. The van der Waals surface area contributed by atoms with E-state index in [0.29, 0.717) is 58.7 Å². The molecule has 1 spiro atoms. The van der Waals surface area contributed by atoms with E-state index >= 15 is 0 Å². The molecular formula is C29H47N3O7. The van der Waals surface area contributed by atoms with Crippen molar-refractivity contribution in [1.29, 1.82) is 0 Å². The Morgan fingerprint density at radius 1 is 1.21 bits per heavy atom. The topological polar surface area (TPSA) is 109 Å². The zero-order valence-electron chi connectivity index (χ0n) is 23.9. The molecule has 4 heterocycles. The van der Waals surface area contributed by atoms with Gasteiger partial charge in [0, 0.05) is 45.9 Å². The summed E-state index contributed by atoms with van der Waals surface area (Å²) in [6, 6.07) is -0.804. The van der Waals surface area contributed by atoms with E-state index < -0.39 is 35.0 Å². The van der Waals surface area contributed by atoms with Gasteiger partial charge in [0.2, 0.25) is 11.8 Å². The number of fused-ring (bicyclic) bond motifs is 1. The number of ether oxygens (including phenoxy) is 3. The molecule has 2 amide bonds. The fourth-order valence-electron chi connectivity index (χ4n) is 7.30. The molecule has 6 atom stereocenters. The van der Waals surface area contributed by atoms with Gasteiger partial charge >= 0.3 is 5.97 Å². The third kappa shape index (κ3) is 5.49. The second-order valence-corrected chi connectivity index (χ2v) is 11.7. The molecule has 0 saturated carbocycles. The summed E-state index contributed by atoms with van der Waals surface area (Å²) in [7, 11) is 0. The molecule has 1 N–H and O–H groups in total. The summed E-state index contributed by atoms with van der Waals surface area (Å²) < 4.78 is 17.7. The lowest BCUT2D eigenvalue weighted by atomic mass is 9.62. The third-order valence-electron chi connectivity index (χ3n) is 9.35. The van der Waals surface area contributed by atoms with Gasteiger partial charge in [-0.25, -0.2) is 0 Å². The molecule has 0 radical (unpaired) electrons. The Bertz CT molecular complexity index is 909. The fourth-order valence-corrected chi connectivity index (χ4v) is 7.30. The van der Waals surface area contributed by atoms with Gasteiger partial charge in [0.25, 0.3) is 0 Å². The zero-order chi connectivity index (χ0) is 28.2. The van der Waals surface area contributed by atoms with Crippen LogP contribution in [0.1, 0.15) is 52.9 Å². The average molecular weight is 550 g/mol. The summed E-state index contributed by atoms with van der Waals surface area (Å²) in [5, 5.41) is 9.15. The van der Waals surface area contributed by atoms with E-state index in [1.54, 1.807) is 22.8 Å². The largest absolute Gasteiger partial charge is 0.466 e. The van der Waals surface area contributed by atoms with Gasteiger partial charge in [0.05, 0.1) is 31.3 Å². The number of hydrogen-bond acceptors (Lipinski definition) is 8. The molecule has 4 rings (SSSR count). The number of nitrogens with zero attached hydrogens (tertiary/aromatic N) is 3. The lowest BCUT2D eigenvalue weighted by Gasteiger charge is -2.38. The SMILES string of the molecule is C=CCN(CCN1CCOCC1)C(=O)C1N(CCCCCCO)C(=O)[C@@H]2[C@H](C(=O)OCC)[C@@]3(C)OC12CC3C. The van der Waals surface area contributed by atoms with E-state index in [9.17, 15) is 14.4 Å². The molecule has 0 aromatic rings. The van der Waals surface area contributed by atoms with Crippen LogP contribution in [0, 0.1) is 17.8 Å². The predicted octanol–water partition coefficient (Wildman–Crippen LogP) is 1.46. The maximum absolute atomic E-state index is 14.4. The second-order valence-electron chi connectivity index (χ2n) is 11.7. The van der Waals surface area contributed by atoms with Crippen LogP contribution in [0.5, 0.6) is 0 Å². The first kappa shape index (κ1) is 30.0. The number of aliphatic hydroxyl groups is 1. The lowest BCUT2D eigenvalue weighted by Crippen LogP contribution is -2.57. The number of morpholine rings is 1. The number of carbonyl (C=O) groups is 3. The maximum Gasteiger partial charge on any atom is 0.312 e. The summed E-state index contributed by atoms with van der Waals surface area (Å²) in [4.78, 5) is 47.6. The molecule has 0 aliphatic carbocycles.